The first-order chi connectivity index (χ1) is 35.3. The second-order valence-corrected chi connectivity index (χ2v) is 19.1. The van der Waals surface area contributed by atoms with Crippen molar-refractivity contribution in [3.8, 4) is 23.0 Å². The molecule has 0 fully saturated rings. The number of carbonyl (C=O) groups excluding carboxylic acids is 6. The molecule has 6 aromatic rings. The van der Waals surface area contributed by atoms with Crippen molar-refractivity contribution >= 4 is 68.5 Å². The Morgan fingerprint density at radius 1 is 0.479 bits per heavy atom. The Bertz CT molecular complexity index is 3070. The molecule has 380 valence electrons. The number of rotatable bonds is 23. The van der Waals surface area contributed by atoms with Crippen LogP contribution in [-0.4, -0.2) is 61.0 Å². The lowest BCUT2D eigenvalue weighted by Gasteiger charge is -2.19. The summed E-state index contributed by atoms with van der Waals surface area (Å²) in [5.74, 6) is -3.26. The van der Waals surface area contributed by atoms with Gasteiger partial charge in [0, 0.05) is 21.5 Å². The fourth-order valence-electron chi connectivity index (χ4n) is 9.63. The lowest BCUT2D eigenvalue weighted by atomic mass is 9.96. The van der Waals surface area contributed by atoms with Gasteiger partial charge in [0.2, 0.25) is 0 Å². The number of ether oxygens (including phenoxy) is 5. The maximum atomic E-state index is 14.4. The molecule has 8 rings (SSSR count). The Morgan fingerprint density at radius 3 is 1.25 bits per heavy atom. The fourth-order valence-corrected chi connectivity index (χ4v) is 9.63. The molecule has 6 aromatic carbocycles. The monoisotopic (exact) mass is 988 g/mol. The van der Waals surface area contributed by atoms with Gasteiger partial charge >= 0.3 is 11.9 Å². The molecule has 0 bridgehead atoms. The number of fused-ring (bicyclic) bond motifs is 4. The topological polar surface area (TPSA) is 155 Å². The van der Waals surface area contributed by atoms with Crippen LogP contribution in [0.2, 0.25) is 0 Å². The maximum absolute atomic E-state index is 14.4. The number of carbonyl (C=O) groups is 6. The van der Waals surface area contributed by atoms with Crippen LogP contribution in [0.4, 0.5) is 11.4 Å². The number of hydrogen-bond donors (Lipinski definition) is 0. The lowest BCUT2D eigenvalue weighted by Crippen LogP contribution is -2.29. The molecule has 2 aliphatic rings. The van der Waals surface area contributed by atoms with E-state index >= 15 is 0 Å². The van der Waals surface area contributed by atoms with Crippen molar-refractivity contribution in [3.05, 3.63) is 130 Å². The van der Waals surface area contributed by atoms with Gasteiger partial charge in [-0.1, -0.05) is 132 Å². The highest BCUT2D eigenvalue weighted by Crippen LogP contribution is 2.48. The van der Waals surface area contributed by atoms with Gasteiger partial charge in [-0.05, 0) is 82.3 Å². The molecule has 13 heteroatoms. The quantitative estimate of drug-likeness (QED) is 0.0261. The van der Waals surface area contributed by atoms with Gasteiger partial charge in [-0.3, -0.25) is 28.8 Å². The van der Waals surface area contributed by atoms with Crippen molar-refractivity contribution in [2.75, 3.05) is 23.0 Å². The van der Waals surface area contributed by atoms with Crippen LogP contribution in [0.5, 0.6) is 23.0 Å². The minimum Gasteiger partial charge on any atom is -0.492 e. The molecular weight excluding hydrogens is 925 g/mol. The Labute approximate surface area is 426 Å². The second kappa shape index (κ2) is 22.9. The van der Waals surface area contributed by atoms with Gasteiger partial charge in [0.25, 0.3) is 23.6 Å². The molecule has 0 saturated carbocycles. The molecular formula is C60H64N2O11. The molecule has 73 heavy (non-hydrogen) atoms. The number of unbranched alkanes of at least 4 members (excludes halogenated alkanes) is 6. The van der Waals surface area contributed by atoms with E-state index in [2.05, 4.69) is 13.8 Å². The van der Waals surface area contributed by atoms with E-state index in [-0.39, 0.29) is 52.3 Å². The van der Waals surface area contributed by atoms with Crippen LogP contribution in [0.1, 0.15) is 165 Å². The van der Waals surface area contributed by atoms with Crippen molar-refractivity contribution in [2.45, 2.75) is 131 Å². The summed E-state index contributed by atoms with van der Waals surface area (Å²) in [5.41, 5.74) is 2.17. The minimum atomic E-state index is -0.841. The third kappa shape index (κ3) is 10.5. The summed E-state index contributed by atoms with van der Waals surface area (Å²) >= 11 is 0. The molecule has 0 N–H and O–H groups in total. The van der Waals surface area contributed by atoms with Gasteiger partial charge in [-0.15, -0.1) is 0 Å². The fraction of sp³-hybridized carbons (Fsp3) is 0.367. The third-order valence-electron chi connectivity index (χ3n) is 13.1. The van der Waals surface area contributed by atoms with E-state index < -0.39 is 41.5 Å². The van der Waals surface area contributed by atoms with Gasteiger partial charge in [-0.2, -0.15) is 0 Å². The number of benzene rings is 6. The van der Waals surface area contributed by atoms with E-state index in [1.807, 2.05) is 76.2 Å². The first kappa shape index (κ1) is 51.8. The van der Waals surface area contributed by atoms with Crippen molar-refractivity contribution < 1.29 is 52.5 Å². The highest BCUT2D eigenvalue weighted by molar-refractivity contribution is 6.39. The number of amides is 4. The second-order valence-electron chi connectivity index (χ2n) is 19.1. The Kier molecular flexibility index (Phi) is 16.3. The van der Waals surface area contributed by atoms with Gasteiger partial charge in [0.15, 0.2) is 0 Å². The van der Waals surface area contributed by atoms with Gasteiger partial charge in [0.1, 0.15) is 23.0 Å². The summed E-state index contributed by atoms with van der Waals surface area (Å²) in [6, 6.07) is 27.7. The molecule has 4 amide bonds. The maximum Gasteiger partial charge on any atom is 0.321 e. The molecule has 2 aliphatic heterocycles. The molecule has 2 heterocycles. The van der Waals surface area contributed by atoms with Crippen LogP contribution in [0.3, 0.4) is 0 Å². The Hall–Kier alpha value is -7.54. The number of hydrogen-bond acceptors (Lipinski definition) is 11. The lowest BCUT2D eigenvalue weighted by molar-refractivity contribution is -0.160. The predicted molar refractivity (Wildman–Crippen MR) is 282 cm³/mol. The third-order valence-corrected chi connectivity index (χ3v) is 13.1. The summed E-state index contributed by atoms with van der Waals surface area (Å²) < 4.78 is 30.6. The molecule has 0 radical (unpaired) electrons. The van der Waals surface area contributed by atoms with E-state index in [9.17, 15) is 28.8 Å². The first-order valence-electron chi connectivity index (χ1n) is 25.8. The number of anilines is 2. The number of imide groups is 2. The van der Waals surface area contributed by atoms with Crippen molar-refractivity contribution in [1.29, 1.82) is 0 Å². The van der Waals surface area contributed by atoms with E-state index in [0.717, 1.165) is 61.2 Å². The van der Waals surface area contributed by atoms with Crippen LogP contribution in [0.25, 0.3) is 21.5 Å². The van der Waals surface area contributed by atoms with Crippen LogP contribution in [0, 0.1) is 0 Å². The zero-order chi connectivity index (χ0) is 51.9. The highest BCUT2D eigenvalue weighted by atomic mass is 16.6. The normalized spacial score (nSPS) is 13.6. The zero-order valence-electron chi connectivity index (χ0n) is 42.8. The zero-order valence-corrected chi connectivity index (χ0v) is 42.8. The average Bonchev–Trinajstić information content (AvgIpc) is 3.79. The molecule has 0 saturated heterocycles. The van der Waals surface area contributed by atoms with Crippen LogP contribution >= 0.6 is 0 Å². The predicted octanol–water partition coefficient (Wildman–Crippen LogP) is 12.9. The van der Waals surface area contributed by atoms with Crippen LogP contribution in [-0.2, 0) is 20.7 Å². The van der Waals surface area contributed by atoms with Crippen molar-refractivity contribution in [3.63, 3.8) is 0 Å². The molecule has 0 aliphatic carbocycles. The summed E-state index contributed by atoms with van der Waals surface area (Å²) in [6.07, 6.45) is 7.22. The van der Waals surface area contributed by atoms with E-state index in [4.69, 9.17) is 23.7 Å². The highest BCUT2D eigenvalue weighted by Gasteiger charge is 2.45. The van der Waals surface area contributed by atoms with Gasteiger partial charge in [0.05, 0.1) is 71.4 Å². The summed E-state index contributed by atoms with van der Waals surface area (Å²) in [4.78, 5) is 86.7. The van der Waals surface area contributed by atoms with Crippen molar-refractivity contribution in [2.24, 2.45) is 0 Å². The molecule has 1 atom stereocenters. The SMILES string of the molecule is CCCCCCOc1c2c(c(OC(C)C)c3ccccc13)C(=O)N(c1ccc(CC(=O)OC(=O)C(CC)c3ccc(N4C(=O)c5c(c(OC(C)C)c6ccccc6c5OCCCCCC)C4=O)cc3)cc1)C2=O. The van der Waals surface area contributed by atoms with Crippen molar-refractivity contribution in [1.82, 2.24) is 0 Å². The first-order valence-corrected chi connectivity index (χ1v) is 25.8. The minimum absolute atomic E-state index is 0.142. The Balaban J connectivity index is 0.968. The van der Waals surface area contributed by atoms with Crippen LogP contribution < -0.4 is 28.7 Å². The Morgan fingerprint density at radius 2 is 0.863 bits per heavy atom. The molecule has 0 spiro atoms. The van der Waals surface area contributed by atoms with Gasteiger partial charge < -0.3 is 23.7 Å². The average molecular weight is 989 g/mol. The van der Waals surface area contributed by atoms with Gasteiger partial charge in [-0.25, -0.2) is 9.80 Å². The van der Waals surface area contributed by atoms with E-state index in [1.165, 1.54) is 0 Å². The van der Waals surface area contributed by atoms with E-state index in [0.29, 0.717) is 75.3 Å². The van der Waals surface area contributed by atoms with Crippen LogP contribution in [0.15, 0.2) is 97.1 Å². The summed E-state index contributed by atoms with van der Waals surface area (Å²) in [7, 11) is 0. The summed E-state index contributed by atoms with van der Waals surface area (Å²) in [6.45, 7) is 14.3. The number of esters is 2. The number of nitrogens with zero attached hydrogens (tertiary/aromatic N) is 2. The molecule has 0 aromatic heterocycles. The standard InChI is InChI=1S/C60H64N2O11/c1-8-11-13-19-33-69-52-43-21-15-17-23-45(43)54(71-36(4)5)50-48(52)56(64)61(58(50)66)40-29-25-38(26-30-40)35-47(63)73-60(68)42(10-3)39-27-31-41(32-28-39)62-57(65)49-51(59(62)67)55(72-37(6)7)46-24-18-16-22-44(46)53(49)70-34-20-14-12-9-2/h15-18,21-32,36-37,42H,8-14,19-20,33-35H2,1-7H3. The smallest absolute Gasteiger partial charge is 0.321 e. The van der Waals surface area contributed by atoms with E-state index in [1.54, 1.807) is 55.5 Å². The summed E-state index contributed by atoms with van der Waals surface area (Å²) in [5, 5.41) is 2.69. The molecule has 13 nitrogen and oxygen atoms in total. The molecule has 1 unspecified atom stereocenters. The largest absolute Gasteiger partial charge is 0.492 e.